The van der Waals surface area contributed by atoms with Gasteiger partial charge in [0.2, 0.25) is 17.5 Å². The number of aromatic nitrogens is 4. The summed E-state index contributed by atoms with van der Waals surface area (Å²) in [6.07, 6.45) is 6.03. The lowest BCUT2D eigenvalue weighted by Crippen LogP contribution is -2.33. The number of nitrogens with two attached hydrogens (primary N) is 1. The number of anilines is 1. The van der Waals surface area contributed by atoms with Gasteiger partial charge in [0.05, 0.1) is 31.0 Å². The summed E-state index contributed by atoms with van der Waals surface area (Å²) < 4.78 is 18.6. The molecule has 2 aliphatic heterocycles. The van der Waals surface area contributed by atoms with Crippen LogP contribution in [0.4, 0.5) is 5.82 Å². The van der Waals surface area contributed by atoms with Gasteiger partial charge in [-0.3, -0.25) is 19.0 Å². The normalized spacial score (nSPS) is 28.6. The summed E-state index contributed by atoms with van der Waals surface area (Å²) in [5.74, 6) is -1.59. The summed E-state index contributed by atoms with van der Waals surface area (Å²) in [6, 6.07) is 0. The molecule has 2 aromatic heterocycles. The maximum Gasteiger partial charge on any atom is 0.248 e. The molecule has 186 valence electrons. The highest BCUT2D eigenvalue weighted by Gasteiger charge is 2.46. The number of nitrogen functional groups attached to an aromatic ring is 1. The smallest absolute Gasteiger partial charge is 0.248 e. The average Bonchev–Trinajstić information content (AvgIpc) is 3.41. The lowest BCUT2D eigenvalue weighted by Gasteiger charge is -2.20. The zero-order valence-electron chi connectivity index (χ0n) is 19.0. The second-order valence-corrected chi connectivity index (χ2v) is 8.21. The predicted molar refractivity (Wildman–Crippen MR) is 122 cm³/mol. The number of ether oxygens (including phenoxy) is 3. The molecule has 13 heteroatoms. The molecule has 36 heavy (non-hydrogen) atoms. The average molecular weight is 494 g/mol. The van der Waals surface area contributed by atoms with E-state index in [0.29, 0.717) is 11.2 Å². The van der Waals surface area contributed by atoms with E-state index in [2.05, 4.69) is 20.3 Å². The van der Waals surface area contributed by atoms with Crippen molar-refractivity contribution in [2.24, 2.45) is 0 Å². The highest BCUT2D eigenvalue weighted by molar-refractivity contribution is 6.23. The molecule has 2 bridgehead atoms. The van der Waals surface area contributed by atoms with E-state index >= 15 is 0 Å². The molecule has 5 rings (SSSR count). The third-order valence-corrected chi connectivity index (χ3v) is 6.02. The molecule has 3 aliphatic rings. The van der Waals surface area contributed by atoms with E-state index < -0.39 is 42.0 Å². The summed E-state index contributed by atoms with van der Waals surface area (Å²) in [4.78, 5) is 50.0. The molecule has 4 atom stereocenters. The number of carbonyl (C=O) groups excluding carboxylic acids is 3. The summed E-state index contributed by atoms with van der Waals surface area (Å²) in [5.41, 5.74) is 6.54. The zero-order chi connectivity index (χ0) is 25.4. The number of methoxy groups -OCH3 is 1. The fraction of sp³-hybridized carbons (Fsp3) is 0.304. The number of imidazole rings is 1. The van der Waals surface area contributed by atoms with Crippen molar-refractivity contribution in [3.8, 4) is 0 Å². The largest absolute Gasteiger partial charge is 0.493 e. The summed E-state index contributed by atoms with van der Waals surface area (Å²) in [7, 11) is 1.29. The molecule has 0 spiro atoms. The molecule has 0 aromatic carbocycles. The van der Waals surface area contributed by atoms with Gasteiger partial charge in [-0.05, 0) is 18.6 Å². The van der Waals surface area contributed by atoms with Crippen LogP contribution >= 0.6 is 0 Å². The van der Waals surface area contributed by atoms with Crippen LogP contribution in [0, 0.1) is 0 Å². The van der Waals surface area contributed by atoms with Crippen molar-refractivity contribution in [1.29, 1.82) is 0 Å². The molecule has 0 radical (unpaired) electrons. The van der Waals surface area contributed by atoms with E-state index in [1.807, 2.05) is 0 Å². The van der Waals surface area contributed by atoms with Crippen molar-refractivity contribution in [3.05, 3.63) is 60.3 Å². The SMILES string of the molecule is COC1=C2C/C=C\O[C@H]3[C@@H](O)[C@H](n4cnc5c(N)ncnc54)O[C@@H]3C/C=C\C(=O)NC(=CC1=O)C2=O. The maximum atomic E-state index is 12.8. The summed E-state index contributed by atoms with van der Waals surface area (Å²) >= 11 is 0. The van der Waals surface area contributed by atoms with E-state index in [9.17, 15) is 19.5 Å². The Kier molecular flexibility index (Phi) is 6.08. The molecular formula is C23H22N6O7. The fourth-order valence-electron chi connectivity index (χ4n) is 4.34. The predicted octanol–water partition coefficient (Wildman–Crippen LogP) is -0.0319. The lowest BCUT2D eigenvalue weighted by atomic mass is 9.95. The van der Waals surface area contributed by atoms with Crippen molar-refractivity contribution in [3.63, 3.8) is 0 Å². The number of hydrogen-bond donors (Lipinski definition) is 3. The Morgan fingerprint density at radius 1 is 1.22 bits per heavy atom. The fourth-order valence-corrected chi connectivity index (χ4v) is 4.34. The second kappa shape index (κ2) is 9.36. The van der Waals surface area contributed by atoms with Crippen LogP contribution in [-0.2, 0) is 28.6 Å². The van der Waals surface area contributed by atoms with Crippen molar-refractivity contribution in [2.75, 3.05) is 12.8 Å². The zero-order valence-corrected chi connectivity index (χ0v) is 19.0. The third kappa shape index (κ3) is 4.03. The van der Waals surface area contributed by atoms with Crippen molar-refractivity contribution < 1.29 is 33.7 Å². The Balaban J connectivity index is 1.45. The molecule has 4 heterocycles. The second-order valence-electron chi connectivity index (χ2n) is 8.21. The number of ketones is 2. The summed E-state index contributed by atoms with van der Waals surface area (Å²) in [6.45, 7) is 0. The van der Waals surface area contributed by atoms with E-state index in [1.165, 1.54) is 48.8 Å². The molecule has 1 aliphatic carbocycles. The summed E-state index contributed by atoms with van der Waals surface area (Å²) in [5, 5.41) is 13.5. The minimum absolute atomic E-state index is 0.00306. The number of Topliss-reactive ketones (excluding diaryl/α,β-unsaturated/α-hetero) is 1. The van der Waals surface area contributed by atoms with Gasteiger partial charge in [-0.15, -0.1) is 0 Å². The van der Waals surface area contributed by atoms with E-state index in [1.54, 1.807) is 0 Å². The van der Waals surface area contributed by atoms with Gasteiger partial charge in [-0.1, -0.05) is 6.08 Å². The maximum absolute atomic E-state index is 12.8. The van der Waals surface area contributed by atoms with Gasteiger partial charge in [0.25, 0.3) is 0 Å². The monoisotopic (exact) mass is 494 g/mol. The number of amides is 1. The Bertz CT molecular complexity index is 1370. The quantitative estimate of drug-likeness (QED) is 0.477. The van der Waals surface area contributed by atoms with Gasteiger partial charge in [-0.25, -0.2) is 15.0 Å². The number of rotatable bonds is 2. The Morgan fingerprint density at radius 2 is 2.06 bits per heavy atom. The molecular weight excluding hydrogens is 472 g/mol. The minimum Gasteiger partial charge on any atom is -0.493 e. The van der Waals surface area contributed by atoms with Gasteiger partial charge in [0.15, 0.2) is 29.6 Å². The van der Waals surface area contributed by atoms with Crippen LogP contribution in [0.15, 0.2) is 60.3 Å². The number of nitrogens with zero attached hydrogens (tertiary/aromatic N) is 4. The van der Waals surface area contributed by atoms with Crippen molar-refractivity contribution in [1.82, 2.24) is 24.8 Å². The first kappa shape index (κ1) is 23.4. The number of allylic oxidation sites excluding steroid dienone is 3. The van der Waals surface area contributed by atoms with Crippen LogP contribution in [0.3, 0.4) is 0 Å². The molecule has 2 aromatic rings. The molecule has 13 nitrogen and oxygen atoms in total. The molecule has 1 amide bonds. The van der Waals surface area contributed by atoms with Crippen molar-refractivity contribution >= 4 is 34.5 Å². The Hall–Kier alpha value is -4.36. The highest BCUT2D eigenvalue weighted by atomic mass is 16.6. The van der Waals surface area contributed by atoms with Crippen LogP contribution in [-0.4, -0.2) is 67.5 Å². The standard InChI is InChI=1S/C23H22N6O7/c1-34-19-11-4-3-7-35-20-14(5-2-6-15(31)28-12(17(11)32)8-13(19)30)36-23(18(20)33)29-10-27-16-21(24)25-9-26-22(16)29/h2-3,6-10,14,18,20,23,33H,4-5H2,1H3,(H,28,31)(H2,24,25,26)/b6-2-,7-3-/t14-,18-,20-,23-/m1/s1. The number of hydrogen-bond acceptors (Lipinski definition) is 11. The van der Waals surface area contributed by atoms with E-state index in [-0.39, 0.29) is 35.7 Å². The number of aliphatic hydroxyl groups is 1. The van der Waals surface area contributed by atoms with E-state index in [4.69, 9.17) is 19.9 Å². The topological polar surface area (TPSA) is 181 Å². The first-order chi connectivity index (χ1) is 17.4. The van der Waals surface area contributed by atoms with Crippen LogP contribution in [0.25, 0.3) is 11.2 Å². The minimum atomic E-state index is -1.15. The molecule has 4 N–H and O–H groups in total. The number of aliphatic hydroxyl groups excluding tert-OH is 1. The van der Waals surface area contributed by atoms with Crippen LogP contribution in [0.1, 0.15) is 19.1 Å². The number of fused-ring (bicyclic) bond motifs is 4. The van der Waals surface area contributed by atoms with Gasteiger partial charge < -0.3 is 30.4 Å². The van der Waals surface area contributed by atoms with E-state index in [0.717, 1.165) is 6.08 Å². The van der Waals surface area contributed by atoms with Crippen LogP contribution in [0.2, 0.25) is 0 Å². The lowest BCUT2D eigenvalue weighted by molar-refractivity contribution is -0.120. The molecule has 1 fully saturated rings. The first-order valence-corrected chi connectivity index (χ1v) is 11.0. The van der Waals surface area contributed by atoms with Gasteiger partial charge >= 0.3 is 0 Å². The first-order valence-electron chi connectivity index (χ1n) is 11.0. The Morgan fingerprint density at radius 3 is 2.86 bits per heavy atom. The Labute approximate surface area is 203 Å². The van der Waals surface area contributed by atoms with Crippen LogP contribution in [0.5, 0.6) is 0 Å². The third-order valence-electron chi connectivity index (χ3n) is 6.02. The van der Waals surface area contributed by atoms with Crippen LogP contribution < -0.4 is 11.1 Å². The number of nitrogens with one attached hydrogen (secondary N) is 1. The molecule has 0 unspecified atom stereocenters. The van der Waals surface area contributed by atoms with Gasteiger partial charge in [0, 0.05) is 12.5 Å². The molecule has 0 saturated carbocycles. The van der Waals surface area contributed by atoms with Gasteiger partial charge in [-0.2, -0.15) is 0 Å². The highest BCUT2D eigenvalue weighted by Crippen LogP contribution is 2.35. The number of carbonyl (C=O) groups is 3. The van der Waals surface area contributed by atoms with Crippen molar-refractivity contribution in [2.45, 2.75) is 37.4 Å². The van der Waals surface area contributed by atoms with Gasteiger partial charge in [0.1, 0.15) is 24.1 Å². The molecule has 1 saturated heterocycles.